The van der Waals surface area contributed by atoms with Gasteiger partial charge in [-0.15, -0.1) is 0 Å². The number of para-hydroxylation sites is 2. The van der Waals surface area contributed by atoms with Crippen LogP contribution in [0.25, 0.3) is 0 Å². The van der Waals surface area contributed by atoms with Gasteiger partial charge < -0.3 is 15.4 Å². The lowest BCUT2D eigenvalue weighted by molar-refractivity contribution is 0.0950. The average Bonchev–Trinajstić information content (AvgIpc) is 2.74. The summed E-state index contributed by atoms with van der Waals surface area (Å²) < 4.78 is 18.9. The van der Waals surface area contributed by atoms with Gasteiger partial charge in [-0.05, 0) is 30.3 Å². The predicted molar refractivity (Wildman–Crippen MR) is 103 cm³/mol. The molecule has 28 heavy (non-hydrogen) atoms. The van der Waals surface area contributed by atoms with E-state index in [1.165, 1.54) is 36.5 Å². The molecule has 7 heteroatoms. The molecular formula is C21H18FN3O3. The fourth-order valence-electron chi connectivity index (χ4n) is 2.57. The van der Waals surface area contributed by atoms with Crippen LogP contribution in [-0.4, -0.2) is 23.9 Å². The first-order valence-electron chi connectivity index (χ1n) is 8.50. The van der Waals surface area contributed by atoms with Gasteiger partial charge in [0.25, 0.3) is 11.8 Å². The van der Waals surface area contributed by atoms with Crippen LogP contribution in [0.15, 0.2) is 66.9 Å². The summed E-state index contributed by atoms with van der Waals surface area (Å²) in [6.07, 6.45) is 1.36. The molecule has 2 N–H and O–H groups in total. The van der Waals surface area contributed by atoms with Crippen molar-refractivity contribution in [3.8, 4) is 5.75 Å². The highest BCUT2D eigenvalue weighted by atomic mass is 19.1. The van der Waals surface area contributed by atoms with Crippen molar-refractivity contribution >= 4 is 17.5 Å². The lowest BCUT2D eigenvalue weighted by Gasteiger charge is -2.10. The summed E-state index contributed by atoms with van der Waals surface area (Å²) in [5, 5.41) is 5.22. The van der Waals surface area contributed by atoms with Crippen LogP contribution in [0.4, 0.5) is 10.1 Å². The number of hydrogen-bond acceptors (Lipinski definition) is 4. The van der Waals surface area contributed by atoms with Crippen molar-refractivity contribution in [1.29, 1.82) is 0 Å². The second kappa shape index (κ2) is 8.77. The van der Waals surface area contributed by atoms with Crippen molar-refractivity contribution in [3.63, 3.8) is 0 Å². The molecular weight excluding hydrogens is 361 g/mol. The second-order valence-corrected chi connectivity index (χ2v) is 5.86. The Bertz CT molecular complexity index is 1010. The Balaban J connectivity index is 1.69. The number of rotatable bonds is 6. The van der Waals surface area contributed by atoms with Gasteiger partial charge in [-0.3, -0.25) is 14.6 Å². The lowest BCUT2D eigenvalue weighted by Crippen LogP contribution is -2.24. The standard InChI is InChI=1S/C21H18FN3O3/c1-28-19-9-5-2-6-15(19)13-24-20(26)14-10-11-23-18(12-14)21(27)25-17-8-4-3-7-16(17)22/h2-12H,13H2,1H3,(H,24,26)(H,25,27). The minimum atomic E-state index is -0.607. The Morgan fingerprint density at radius 1 is 1.04 bits per heavy atom. The predicted octanol–water partition coefficient (Wildman–Crippen LogP) is 3.41. The van der Waals surface area contributed by atoms with E-state index in [0.29, 0.717) is 5.75 Å². The molecule has 0 atom stereocenters. The highest BCUT2D eigenvalue weighted by Gasteiger charge is 2.14. The van der Waals surface area contributed by atoms with E-state index in [4.69, 9.17) is 4.74 Å². The number of benzene rings is 2. The summed E-state index contributed by atoms with van der Waals surface area (Å²) in [7, 11) is 1.56. The number of ether oxygens (including phenoxy) is 1. The summed E-state index contributed by atoms with van der Waals surface area (Å²) in [5.41, 5.74) is 1.14. The highest BCUT2D eigenvalue weighted by Crippen LogP contribution is 2.17. The SMILES string of the molecule is COc1ccccc1CNC(=O)c1ccnc(C(=O)Nc2ccccc2F)c1. The maximum atomic E-state index is 13.7. The molecule has 142 valence electrons. The van der Waals surface area contributed by atoms with Gasteiger partial charge in [0.05, 0.1) is 12.8 Å². The molecule has 1 aromatic heterocycles. The summed E-state index contributed by atoms with van der Waals surface area (Å²) in [4.78, 5) is 28.7. The van der Waals surface area contributed by atoms with Crippen molar-refractivity contribution in [3.05, 3.63) is 89.5 Å². The van der Waals surface area contributed by atoms with Crippen LogP contribution in [0.3, 0.4) is 0 Å². The Labute approximate surface area is 161 Å². The Morgan fingerprint density at radius 3 is 2.57 bits per heavy atom. The molecule has 0 radical (unpaired) electrons. The third kappa shape index (κ3) is 4.50. The molecule has 3 rings (SSSR count). The fourth-order valence-corrected chi connectivity index (χ4v) is 2.57. The molecule has 0 spiro atoms. The number of methoxy groups -OCH3 is 1. The number of nitrogens with zero attached hydrogens (tertiary/aromatic N) is 1. The first-order chi connectivity index (χ1) is 13.6. The van der Waals surface area contributed by atoms with E-state index in [1.807, 2.05) is 18.2 Å². The number of halogens is 1. The van der Waals surface area contributed by atoms with Crippen LogP contribution in [0, 0.1) is 5.82 Å². The van der Waals surface area contributed by atoms with E-state index in [-0.39, 0.29) is 29.4 Å². The number of nitrogens with one attached hydrogen (secondary N) is 2. The van der Waals surface area contributed by atoms with E-state index in [9.17, 15) is 14.0 Å². The van der Waals surface area contributed by atoms with Crippen LogP contribution in [0.2, 0.25) is 0 Å². The number of carbonyl (C=O) groups is 2. The van der Waals surface area contributed by atoms with Gasteiger partial charge >= 0.3 is 0 Å². The van der Waals surface area contributed by atoms with Gasteiger partial charge in [0.2, 0.25) is 0 Å². The first-order valence-corrected chi connectivity index (χ1v) is 8.50. The molecule has 1 heterocycles. The molecule has 0 unspecified atom stereocenters. The Kier molecular flexibility index (Phi) is 5.96. The lowest BCUT2D eigenvalue weighted by atomic mass is 10.1. The van der Waals surface area contributed by atoms with Gasteiger partial charge in [-0.25, -0.2) is 4.39 Å². The Hall–Kier alpha value is -3.74. The molecule has 6 nitrogen and oxygen atoms in total. The van der Waals surface area contributed by atoms with E-state index in [1.54, 1.807) is 19.2 Å². The summed E-state index contributed by atoms with van der Waals surface area (Å²) in [6, 6.07) is 16.0. The third-order valence-corrected chi connectivity index (χ3v) is 4.01. The number of hydrogen-bond donors (Lipinski definition) is 2. The van der Waals surface area contributed by atoms with Gasteiger partial charge in [-0.1, -0.05) is 30.3 Å². The van der Waals surface area contributed by atoms with Crippen molar-refractivity contribution in [2.24, 2.45) is 0 Å². The summed E-state index contributed by atoms with van der Waals surface area (Å²) in [6.45, 7) is 0.266. The van der Waals surface area contributed by atoms with Crippen LogP contribution in [0.1, 0.15) is 26.4 Å². The smallest absolute Gasteiger partial charge is 0.274 e. The zero-order valence-electron chi connectivity index (χ0n) is 15.1. The molecule has 0 fully saturated rings. The minimum Gasteiger partial charge on any atom is -0.496 e. The van der Waals surface area contributed by atoms with Crippen molar-refractivity contribution in [1.82, 2.24) is 10.3 Å². The van der Waals surface area contributed by atoms with Crippen LogP contribution >= 0.6 is 0 Å². The molecule has 2 amide bonds. The van der Waals surface area contributed by atoms with Crippen molar-refractivity contribution in [2.75, 3.05) is 12.4 Å². The number of pyridine rings is 1. The van der Waals surface area contributed by atoms with Crippen LogP contribution < -0.4 is 15.4 Å². The maximum absolute atomic E-state index is 13.7. The van der Waals surface area contributed by atoms with Gasteiger partial charge in [-0.2, -0.15) is 0 Å². The largest absolute Gasteiger partial charge is 0.496 e. The number of aromatic nitrogens is 1. The zero-order chi connectivity index (χ0) is 19.9. The fraction of sp³-hybridized carbons (Fsp3) is 0.0952. The van der Waals surface area contributed by atoms with Crippen molar-refractivity contribution in [2.45, 2.75) is 6.54 Å². The van der Waals surface area contributed by atoms with Crippen LogP contribution in [0.5, 0.6) is 5.75 Å². The molecule has 3 aromatic rings. The maximum Gasteiger partial charge on any atom is 0.274 e. The first kappa shape index (κ1) is 19.0. The summed E-state index contributed by atoms with van der Waals surface area (Å²) >= 11 is 0. The molecule has 0 saturated heterocycles. The molecule has 0 aliphatic carbocycles. The van der Waals surface area contributed by atoms with E-state index in [0.717, 1.165) is 5.56 Å². The second-order valence-electron chi connectivity index (χ2n) is 5.86. The van der Waals surface area contributed by atoms with Crippen molar-refractivity contribution < 1.29 is 18.7 Å². The monoisotopic (exact) mass is 379 g/mol. The van der Waals surface area contributed by atoms with E-state index < -0.39 is 11.7 Å². The van der Waals surface area contributed by atoms with Crippen LogP contribution in [-0.2, 0) is 6.54 Å². The number of carbonyl (C=O) groups excluding carboxylic acids is 2. The summed E-state index contributed by atoms with van der Waals surface area (Å²) in [5.74, 6) is -0.859. The Morgan fingerprint density at radius 2 is 1.79 bits per heavy atom. The normalized spacial score (nSPS) is 10.2. The average molecular weight is 379 g/mol. The quantitative estimate of drug-likeness (QED) is 0.688. The molecule has 0 aliphatic heterocycles. The van der Waals surface area contributed by atoms with E-state index in [2.05, 4.69) is 15.6 Å². The molecule has 2 aromatic carbocycles. The van der Waals surface area contributed by atoms with Gasteiger partial charge in [0.1, 0.15) is 17.3 Å². The molecule has 0 bridgehead atoms. The topological polar surface area (TPSA) is 80.3 Å². The third-order valence-electron chi connectivity index (χ3n) is 4.01. The van der Waals surface area contributed by atoms with Gasteiger partial charge in [0.15, 0.2) is 0 Å². The molecule has 0 aliphatic rings. The zero-order valence-corrected chi connectivity index (χ0v) is 15.1. The minimum absolute atomic E-state index is 0.00759. The highest BCUT2D eigenvalue weighted by molar-refractivity contribution is 6.04. The van der Waals surface area contributed by atoms with E-state index >= 15 is 0 Å². The molecule has 0 saturated carbocycles. The number of anilines is 1. The number of amides is 2. The van der Waals surface area contributed by atoms with Gasteiger partial charge in [0, 0.05) is 23.9 Å².